The summed E-state index contributed by atoms with van der Waals surface area (Å²) in [5, 5.41) is 13.6. The smallest absolute Gasteiger partial charge is 0.286 e. The molecule has 0 bridgehead atoms. The van der Waals surface area contributed by atoms with Crippen molar-refractivity contribution in [2.45, 2.75) is 13.8 Å². The molecule has 0 aliphatic rings. The van der Waals surface area contributed by atoms with Crippen molar-refractivity contribution in [1.29, 1.82) is 0 Å². The monoisotopic (exact) mass is 348 g/mol. The molecular formula is C17H17FN2O5. The van der Waals surface area contributed by atoms with Gasteiger partial charge in [0.05, 0.1) is 30.4 Å². The van der Waals surface area contributed by atoms with Crippen LogP contribution in [0.1, 0.15) is 22.8 Å². The summed E-state index contributed by atoms with van der Waals surface area (Å²) in [6.45, 7) is 3.71. The number of nitro benzene ring substituents is 1. The molecule has 0 spiro atoms. The number of anilines is 1. The van der Waals surface area contributed by atoms with Gasteiger partial charge in [0.1, 0.15) is 11.4 Å². The van der Waals surface area contributed by atoms with Crippen LogP contribution in [0.15, 0.2) is 30.3 Å². The summed E-state index contributed by atoms with van der Waals surface area (Å²) in [5.74, 6) is -1.13. The van der Waals surface area contributed by atoms with Crippen molar-refractivity contribution in [3.63, 3.8) is 0 Å². The van der Waals surface area contributed by atoms with Gasteiger partial charge in [-0.1, -0.05) is 6.07 Å². The zero-order valence-electron chi connectivity index (χ0n) is 14.0. The normalized spacial score (nSPS) is 10.2. The lowest BCUT2D eigenvalue weighted by Crippen LogP contribution is -2.15. The summed E-state index contributed by atoms with van der Waals surface area (Å²) < 4.78 is 24.3. The van der Waals surface area contributed by atoms with Gasteiger partial charge < -0.3 is 14.8 Å². The van der Waals surface area contributed by atoms with Crippen LogP contribution in [-0.4, -0.2) is 24.5 Å². The van der Waals surface area contributed by atoms with E-state index >= 15 is 0 Å². The SMILES string of the molecule is CCOc1cc(C(=O)Nc2ccc(C)cc2F)c([N+](=O)[O-])cc1OC. The molecule has 0 fully saturated rings. The number of halogens is 1. The molecule has 0 saturated heterocycles. The van der Waals surface area contributed by atoms with Gasteiger partial charge in [0.15, 0.2) is 11.5 Å². The molecule has 0 radical (unpaired) electrons. The number of carbonyl (C=O) groups excluding carboxylic acids is 1. The minimum atomic E-state index is -0.821. The van der Waals surface area contributed by atoms with E-state index in [2.05, 4.69) is 5.32 Å². The van der Waals surface area contributed by atoms with Gasteiger partial charge in [-0.25, -0.2) is 4.39 Å². The van der Waals surface area contributed by atoms with Gasteiger partial charge >= 0.3 is 0 Å². The lowest BCUT2D eigenvalue weighted by atomic mass is 10.1. The summed E-state index contributed by atoms with van der Waals surface area (Å²) in [7, 11) is 1.34. The van der Waals surface area contributed by atoms with Crippen molar-refractivity contribution in [3.05, 3.63) is 57.4 Å². The van der Waals surface area contributed by atoms with E-state index in [9.17, 15) is 19.3 Å². The average molecular weight is 348 g/mol. The van der Waals surface area contributed by atoms with Crippen molar-refractivity contribution in [2.24, 2.45) is 0 Å². The number of benzene rings is 2. The first kappa shape index (κ1) is 18.2. The highest BCUT2D eigenvalue weighted by Crippen LogP contribution is 2.35. The first-order valence-corrected chi connectivity index (χ1v) is 7.44. The molecule has 0 aromatic heterocycles. The van der Waals surface area contributed by atoms with E-state index in [1.807, 2.05) is 0 Å². The fourth-order valence-electron chi connectivity index (χ4n) is 2.22. The fourth-order valence-corrected chi connectivity index (χ4v) is 2.22. The number of nitrogens with one attached hydrogen (secondary N) is 1. The maximum Gasteiger partial charge on any atom is 0.286 e. The average Bonchev–Trinajstić information content (AvgIpc) is 2.57. The molecule has 0 heterocycles. The fraction of sp³-hybridized carbons (Fsp3) is 0.235. The Labute approximate surface area is 143 Å². The number of nitro groups is 1. The maximum absolute atomic E-state index is 13.9. The first-order valence-electron chi connectivity index (χ1n) is 7.44. The first-order chi connectivity index (χ1) is 11.9. The predicted molar refractivity (Wildman–Crippen MR) is 89.9 cm³/mol. The van der Waals surface area contributed by atoms with Crippen LogP contribution in [0.25, 0.3) is 0 Å². The van der Waals surface area contributed by atoms with Crippen LogP contribution in [-0.2, 0) is 0 Å². The third kappa shape index (κ3) is 4.03. The number of methoxy groups -OCH3 is 1. The lowest BCUT2D eigenvalue weighted by molar-refractivity contribution is -0.385. The van der Waals surface area contributed by atoms with Crippen molar-refractivity contribution in [1.82, 2.24) is 0 Å². The molecule has 0 aliphatic carbocycles. The molecule has 0 saturated carbocycles. The van der Waals surface area contributed by atoms with E-state index in [1.165, 1.54) is 25.3 Å². The number of carbonyl (C=O) groups is 1. The van der Waals surface area contributed by atoms with Crippen molar-refractivity contribution in [2.75, 3.05) is 19.0 Å². The molecule has 2 rings (SSSR count). The van der Waals surface area contributed by atoms with E-state index < -0.39 is 22.3 Å². The van der Waals surface area contributed by atoms with Crippen LogP contribution in [0.5, 0.6) is 11.5 Å². The molecule has 0 unspecified atom stereocenters. The van der Waals surface area contributed by atoms with Crippen LogP contribution in [0.4, 0.5) is 15.8 Å². The second kappa shape index (κ2) is 7.61. The van der Waals surface area contributed by atoms with Crippen LogP contribution in [0.3, 0.4) is 0 Å². The number of aryl methyl sites for hydroxylation is 1. The molecule has 7 nitrogen and oxygen atoms in total. The van der Waals surface area contributed by atoms with E-state index in [4.69, 9.17) is 9.47 Å². The van der Waals surface area contributed by atoms with Crippen molar-refractivity contribution in [3.8, 4) is 11.5 Å². The quantitative estimate of drug-likeness (QED) is 0.635. The molecule has 2 aromatic carbocycles. The molecule has 0 aliphatic heterocycles. The summed E-state index contributed by atoms with van der Waals surface area (Å²) >= 11 is 0. The summed E-state index contributed by atoms with van der Waals surface area (Å²) in [6.07, 6.45) is 0. The van der Waals surface area contributed by atoms with Crippen LogP contribution in [0, 0.1) is 22.9 Å². The van der Waals surface area contributed by atoms with E-state index in [0.717, 1.165) is 6.07 Å². The van der Waals surface area contributed by atoms with Crippen LogP contribution in [0.2, 0.25) is 0 Å². The Morgan fingerprint density at radius 1 is 1.28 bits per heavy atom. The minimum Gasteiger partial charge on any atom is -0.493 e. The molecule has 1 amide bonds. The molecular weight excluding hydrogens is 331 g/mol. The van der Waals surface area contributed by atoms with Crippen LogP contribution >= 0.6 is 0 Å². The Morgan fingerprint density at radius 3 is 2.56 bits per heavy atom. The van der Waals surface area contributed by atoms with Gasteiger partial charge in [-0.3, -0.25) is 14.9 Å². The minimum absolute atomic E-state index is 0.0707. The number of nitrogens with zero attached hydrogens (tertiary/aromatic N) is 1. The highest BCUT2D eigenvalue weighted by molar-refractivity contribution is 6.07. The zero-order chi connectivity index (χ0) is 18.6. The molecule has 0 atom stereocenters. The predicted octanol–water partition coefficient (Wildman–Crippen LogP) is 3.70. The molecule has 8 heteroatoms. The number of hydrogen-bond donors (Lipinski definition) is 1. The van der Waals surface area contributed by atoms with Gasteiger partial charge in [-0.15, -0.1) is 0 Å². The number of hydrogen-bond acceptors (Lipinski definition) is 5. The van der Waals surface area contributed by atoms with Gasteiger partial charge in [-0.2, -0.15) is 0 Å². The summed E-state index contributed by atoms with van der Waals surface area (Å²) in [6, 6.07) is 6.57. The highest BCUT2D eigenvalue weighted by Gasteiger charge is 2.25. The molecule has 1 N–H and O–H groups in total. The third-order valence-corrected chi connectivity index (χ3v) is 3.40. The largest absolute Gasteiger partial charge is 0.493 e. The molecule has 132 valence electrons. The Bertz CT molecular complexity index is 823. The Morgan fingerprint density at radius 2 is 2.00 bits per heavy atom. The number of ether oxygens (including phenoxy) is 2. The van der Waals surface area contributed by atoms with Gasteiger partial charge in [-0.05, 0) is 31.5 Å². The number of amides is 1. The summed E-state index contributed by atoms with van der Waals surface area (Å²) in [4.78, 5) is 23.0. The van der Waals surface area contributed by atoms with E-state index in [1.54, 1.807) is 19.9 Å². The zero-order valence-corrected chi connectivity index (χ0v) is 14.0. The highest BCUT2D eigenvalue weighted by atomic mass is 19.1. The second-order valence-corrected chi connectivity index (χ2v) is 5.15. The van der Waals surface area contributed by atoms with Crippen molar-refractivity contribution < 1.29 is 23.6 Å². The van der Waals surface area contributed by atoms with Crippen molar-refractivity contribution >= 4 is 17.3 Å². The maximum atomic E-state index is 13.9. The van der Waals surface area contributed by atoms with Gasteiger partial charge in [0.25, 0.3) is 11.6 Å². The summed E-state index contributed by atoms with van der Waals surface area (Å²) in [5.41, 5.74) is -0.109. The van der Waals surface area contributed by atoms with E-state index in [0.29, 0.717) is 5.56 Å². The Balaban J connectivity index is 2.46. The molecule has 2 aromatic rings. The Kier molecular flexibility index (Phi) is 5.53. The lowest BCUT2D eigenvalue weighted by Gasteiger charge is -2.12. The standard InChI is InChI=1S/C17H17FN2O5/c1-4-25-16-8-11(14(20(22)23)9-15(16)24-3)17(21)19-13-6-5-10(2)7-12(13)18/h5-9H,4H2,1-3H3,(H,19,21). The third-order valence-electron chi connectivity index (χ3n) is 3.40. The second-order valence-electron chi connectivity index (χ2n) is 5.15. The van der Waals surface area contributed by atoms with E-state index in [-0.39, 0.29) is 29.4 Å². The number of rotatable bonds is 6. The molecule has 25 heavy (non-hydrogen) atoms. The van der Waals surface area contributed by atoms with Gasteiger partial charge in [0.2, 0.25) is 0 Å². The van der Waals surface area contributed by atoms with Crippen LogP contribution < -0.4 is 14.8 Å². The topological polar surface area (TPSA) is 90.7 Å². The van der Waals surface area contributed by atoms with Gasteiger partial charge in [0, 0.05) is 6.07 Å². The Hall–Kier alpha value is -3.16.